The van der Waals surface area contributed by atoms with Crippen molar-refractivity contribution in [3.8, 4) is 33.6 Å². The Morgan fingerprint density at radius 3 is 1.73 bits per heavy atom. The van der Waals surface area contributed by atoms with Gasteiger partial charge in [0.25, 0.3) is 0 Å². The molecule has 0 unspecified atom stereocenters. The van der Waals surface area contributed by atoms with Crippen molar-refractivity contribution in [3.05, 3.63) is 188 Å². The first-order valence-corrected chi connectivity index (χ1v) is 16.3. The van der Waals surface area contributed by atoms with Gasteiger partial charge >= 0.3 is 0 Å². The molecular formula is C46H31NO. The lowest BCUT2D eigenvalue weighted by Gasteiger charge is -2.27. The molecule has 0 N–H and O–H groups in total. The Kier molecular flexibility index (Phi) is 6.84. The first-order chi connectivity index (χ1) is 23.8. The maximum Gasteiger partial charge on any atom is 0.136 e. The summed E-state index contributed by atoms with van der Waals surface area (Å²) in [4.78, 5) is 2.37. The third-order valence-corrected chi connectivity index (χ3v) is 9.27. The summed E-state index contributed by atoms with van der Waals surface area (Å²) in [5, 5.41) is 6.01. The molecule has 0 aliphatic rings. The van der Waals surface area contributed by atoms with Gasteiger partial charge in [0.1, 0.15) is 11.3 Å². The summed E-state index contributed by atoms with van der Waals surface area (Å²) in [6, 6.07) is 66.9. The Morgan fingerprint density at radius 2 is 0.938 bits per heavy atom. The lowest BCUT2D eigenvalue weighted by Crippen LogP contribution is -2.10. The van der Waals surface area contributed by atoms with Crippen LogP contribution in [0.15, 0.2) is 192 Å². The Bertz CT molecular complexity index is 2520. The van der Waals surface area contributed by atoms with E-state index in [0.717, 1.165) is 50.5 Å². The molecule has 0 fully saturated rings. The van der Waals surface area contributed by atoms with Crippen molar-refractivity contribution >= 4 is 49.6 Å². The molecule has 1 aromatic heterocycles. The van der Waals surface area contributed by atoms with Gasteiger partial charge in [-0.3, -0.25) is 0 Å². The van der Waals surface area contributed by atoms with Gasteiger partial charge in [-0.25, -0.2) is 0 Å². The minimum absolute atomic E-state index is 0.883. The van der Waals surface area contributed by atoms with Gasteiger partial charge in [0.05, 0.1) is 5.69 Å². The van der Waals surface area contributed by atoms with Gasteiger partial charge in [-0.05, 0) is 80.9 Å². The highest BCUT2D eigenvalue weighted by atomic mass is 16.3. The number of rotatable bonds is 6. The van der Waals surface area contributed by atoms with Crippen LogP contribution >= 0.6 is 0 Å². The molecule has 0 saturated heterocycles. The molecule has 2 heteroatoms. The number of benzene rings is 8. The lowest BCUT2D eigenvalue weighted by molar-refractivity contribution is 0.632. The van der Waals surface area contributed by atoms with Crippen molar-refractivity contribution in [1.29, 1.82) is 0 Å². The summed E-state index contributed by atoms with van der Waals surface area (Å²) < 4.78 is 6.24. The van der Waals surface area contributed by atoms with Crippen LogP contribution in [0, 0.1) is 0 Å². The van der Waals surface area contributed by atoms with Gasteiger partial charge in [0, 0.05) is 27.7 Å². The second-order valence-electron chi connectivity index (χ2n) is 12.2. The number of anilines is 3. The summed E-state index contributed by atoms with van der Waals surface area (Å²) >= 11 is 0. The van der Waals surface area contributed by atoms with Crippen molar-refractivity contribution in [1.82, 2.24) is 0 Å². The molecule has 0 saturated carbocycles. The van der Waals surface area contributed by atoms with E-state index in [-0.39, 0.29) is 0 Å². The topological polar surface area (TPSA) is 16.4 Å². The first-order valence-electron chi connectivity index (χ1n) is 16.3. The molecule has 48 heavy (non-hydrogen) atoms. The number of nitrogens with zero attached hydrogens (tertiary/aromatic N) is 1. The Balaban J connectivity index is 1.07. The predicted octanol–water partition coefficient (Wildman–Crippen LogP) is 13.2. The van der Waals surface area contributed by atoms with Crippen LogP contribution in [0.4, 0.5) is 17.1 Å². The average molecular weight is 614 g/mol. The number of fused-ring (bicyclic) bond motifs is 3. The zero-order valence-corrected chi connectivity index (χ0v) is 26.3. The van der Waals surface area contributed by atoms with Gasteiger partial charge in [0.2, 0.25) is 0 Å². The molecule has 226 valence electrons. The van der Waals surface area contributed by atoms with Crippen LogP contribution in [0.5, 0.6) is 0 Å². The molecule has 0 aliphatic carbocycles. The molecule has 0 bridgehead atoms. The zero-order chi connectivity index (χ0) is 31.9. The minimum Gasteiger partial charge on any atom is -0.456 e. The number of furan rings is 1. The van der Waals surface area contributed by atoms with Crippen molar-refractivity contribution in [2.75, 3.05) is 4.90 Å². The maximum absolute atomic E-state index is 6.24. The fourth-order valence-corrected chi connectivity index (χ4v) is 6.86. The summed E-state index contributed by atoms with van der Waals surface area (Å²) in [6.07, 6.45) is 0. The van der Waals surface area contributed by atoms with Crippen LogP contribution in [-0.4, -0.2) is 0 Å². The fraction of sp³-hybridized carbons (Fsp3) is 0. The normalized spacial score (nSPS) is 11.3. The van der Waals surface area contributed by atoms with E-state index >= 15 is 0 Å². The monoisotopic (exact) mass is 613 g/mol. The third-order valence-electron chi connectivity index (χ3n) is 9.27. The molecule has 0 radical (unpaired) electrons. The Labute approximate surface area is 279 Å². The van der Waals surface area contributed by atoms with E-state index in [1.54, 1.807) is 0 Å². The van der Waals surface area contributed by atoms with Crippen molar-refractivity contribution in [3.63, 3.8) is 0 Å². The van der Waals surface area contributed by atoms with E-state index in [1.165, 1.54) is 32.7 Å². The minimum atomic E-state index is 0.883. The average Bonchev–Trinajstić information content (AvgIpc) is 3.60. The highest BCUT2D eigenvalue weighted by Crippen LogP contribution is 2.41. The number of hydrogen-bond donors (Lipinski definition) is 0. The van der Waals surface area contributed by atoms with E-state index in [0.29, 0.717) is 0 Å². The van der Waals surface area contributed by atoms with Crippen LogP contribution in [-0.2, 0) is 0 Å². The molecule has 0 atom stereocenters. The van der Waals surface area contributed by atoms with Gasteiger partial charge < -0.3 is 9.32 Å². The molecule has 2 nitrogen and oxygen atoms in total. The predicted molar refractivity (Wildman–Crippen MR) is 202 cm³/mol. The van der Waals surface area contributed by atoms with E-state index in [1.807, 2.05) is 18.2 Å². The molecule has 9 aromatic rings. The van der Waals surface area contributed by atoms with Crippen LogP contribution < -0.4 is 4.90 Å². The van der Waals surface area contributed by atoms with E-state index in [2.05, 4.69) is 175 Å². The fourth-order valence-electron chi connectivity index (χ4n) is 6.86. The SMILES string of the molecule is c1ccc(-c2cc3ccccc3o2)c(-c2ccc(-c3ccc(N(c4ccc5ccccc5c4)c4cccc5ccccc45)cc3)cc2)c1. The number of para-hydroxylation sites is 1. The molecule has 0 spiro atoms. The van der Waals surface area contributed by atoms with Crippen LogP contribution in [0.25, 0.3) is 66.1 Å². The van der Waals surface area contributed by atoms with Crippen LogP contribution in [0.2, 0.25) is 0 Å². The molecule has 9 rings (SSSR count). The van der Waals surface area contributed by atoms with Crippen molar-refractivity contribution in [2.24, 2.45) is 0 Å². The molecule has 8 aromatic carbocycles. The van der Waals surface area contributed by atoms with Gasteiger partial charge in [0.15, 0.2) is 0 Å². The Morgan fingerprint density at radius 1 is 0.354 bits per heavy atom. The summed E-state index contributed by atoms with van der Waals surface area (Å²) in [5.41, 5.74) is 10.1. The smallest absolute Gasteiger partial charge is 0.136 e. The standard InChI is InChI=1S/C46H31NO/c1-2-12-37-30-40(29-26-32(37)10-1)47(44-18-9-14-35-11-3-5-16-42(35)44)39-27-24-34(25-28-39)33-20-22-36(23-21-33)41-15-6-7-17-43(41)46-31-38-13-4-8-19-45(38)48-46/h1-31H. The summed E-state index contributed by atoms with van der Waals surface area (Å²) in [7, 11) is 0. The van der Waals surface area contributed by atoms with Crippen molar-refractivity contribution in [2.45, 2.75) is 0 Å². The summed E-state index contributed by atoms with van der Waals surface area (Å²) in [6.45, 7) is 0. The van der Waals surface area contributed by atoms with E-state index in [9.17, 15) is 0 Å². The van der Waals surface area contributed by atoms with E-state index in [4.69, 9.17) is 4.42 Å². The quantitative estimate of drug-likeness (QED) is 0.185. The summed E-state index contributed by atoms with van der Waals surface area (Å²) in [5.74, 6) is 0.883. The van der Waals surface area contributed by atoms with Crippen molar-refractivity contribution < 1.29 is 4.42 Å². The van der Waals surface area contributed by atoms with Gasteiger partial charge in [-0.1, -0.05) is 146 Å². The lowest BCUT2D eigenvalue weighted by atomic mass is 9.95. The molecule has 1 heterocycles. The van der Waals surface area contributed by atoms with Crippen LogP contribution in [0.3, 0.4) is 0 Å². The van der Waals surface area contributed by atoms with Gasteiger partial charge in [-0.15, -0.1) is 0 Å². The van der Waals surface area contributed by atoms with Gasteiger partial charge in [-0.2, -0.15) is 0 Å². The zero-order valence-electron chi connectivity index (χ0n) is 26.3. The first kappa shape index (κ1) is 27.9. The second-order valence-corrected chi connectivity index (χ2v) is 12.2. The largest absolute Gasteiger partial charge is 0.456 e. The second kappa shape index (κ2) is 11.8. The molecule has 0 amide bonds. The third kappa shape index (κ3) is 5.01. The van der Waals surface area contributed by atoms with Crippen LogP contribution in [0.1, 0.15) is 0 Å². The number of hydrogen-bond acceptors (Lipinski definition) is 2. The van der Waals surface area contributed by atoms with E-state index < -0.39 is 0 Å². The molecule has 0 aliphatic heterocycles. The highest BCUT2D eigenvalue weighted by Gasteiger charge is 2.16. The Hall–Kier alpha value is -6.38. The maximum atomic E-state index is 6.24. The molecular weight excluding hydrogens is 583 g/mol. The highest BCUT2D eigenvalue weighted by molar-refractivity contribution is 6.00.